The minimum Gasteiger partial charge on any atom is -0.481 e. The highest BCUT2D eigenvalue weighted by Gasteiger charge is 2.36. The van der Waals surface area contributed by atoms with Crippen molar-refractivity contribution < 1.29 is 14.6 Å². The highest BCUT2D eigenvalue weighted by atomic mass is 32.1. The summed E-state index contributed by atoms with van der Waals surface area (Å²) in [5.41, 5.74) is 1.63. The molecule has 128 valence electrons. The lowest BCUT2D eigenvalue weighted by Crippen LogP contribution is -2.41. The number of rotatable bonds is 6. The number of carbonyl (C=O) groups excluding carboxylic acids is 1. The molecule has 2 N–H and O–H groups in total. The zero-order valence-electron chi connectivity index (χ0n) is 13.9. The zero-order chi connectivity index (χ0) is 17.1. The van der Waals surface area contributed by atoms with Gasteiger partial charge in [-0.2, -0.15) is 0 Å². The molecule has 1 amide bonds. The number of nitrogens with one attached hydrogen (secondary N) is 1. The SMILES string of the molecule is CCc1cc(C(=O)N[C@H](c2ccc(OC)nc2)C2CC(O)C2)cs1. The molecular formula is C18H22N2O3S. The Morgan fingerprint density at radius 1 is 1.50 bits per heavy atom. The number of aromatic nitrogens is 1. The molecule has 2 aromatic heterocycles. The average molecular weight is 346 g/mol. The van der Waals surface area contributed by atoms with Gasteiger partial charge in [0.15, 0.2) is 0 Å². The van der Waals surface area contributed by atoms with Gasteiger partial charge in [0.25, 0.3) is 5.91 Å². The van der Waals surface area contributed by atoms with Crippen molar-refractivity contribution in [1.82, 2.24) is 10.3 Å². The Kier molecular flexibility index (Phi) is 5.16. The quantitative estimate of drug-likeness (QED) is 0.843. The van der Waals surface area contributed by atoms with Crippen molar-refractivity contribution in [3.63, 3.8) is 0 Å². The fourth-order valence-electron chi connectivity index (χ4n) is 2.98. The summed E-state index contributed by atoms with van der Waals surface area (Å²) in [5, 5.41) is 14.7. The topological polar surface area (TPSA) is 71.5 Å². The lowest BCUT2D eigenvalue weighted by Gasteiger charge is -2.38. The molecule has 0 aliphatic heterocycles. The van der Waals surface area contributed by atoms with E-state index >= 15 is 0 Å². The molecule has 3 rings (SSSR count). The third-order valence-electron chi connectivity index (χ3n) is 4.50. The van der Waals surface area contributed by atoms with E-state index in [4.69, 9.17) is 4.74 Å². The third-order valence-corrected chi connectivity index (χ3v) is 5.58. The summed E-state index contributed by atoms with van der Waals surface area (Å²) in [5.74, 6) is 0.694. The van der Waals surface area contributed by atoms with Crippen LogP contribution >= 0.6 is 11.3 Å². The lowest BCUT2D eigenvalue weighted by atomic mass is 9.75. The van der Waals surface area contributed by atoms with E-state index < -0.39 is 0 Å². The predicted octanol–water partition coefficient (Wildman–Crippen LogP) is 2.96. The third kappa shape index (κ3) is 3.60. The van der Waals surface area contributed by atoms with Gasteiger partial charge in [-0.05, 0) is 36.8 Å². The van der Waals surface area contributed by atoms with Crippen molar-refractivity contribution >= 4 is 17.2 Å². The van der Waals surface area contributed by atoms with Gasteiger partial charge in [0, 0.05) is 22.5 Å². The van der Waals surface area contributed by atoms with Gasteiger partial charge in [0.2, 0.25) is 5.88 Å². The second kappa shape index (κ2) is 7.32. The van der Waals surface area contributed by atoms with E-state index in [0.717, 1.165) is 12.0 Å². The highest BCUT2D eigenvalue weighted by Crippen LogP contribution is 2.38. The number of hydrogen-bond acceptors (Lipinski definition) is 5. The van der Waals surface area contributed by atoms with Crippen molar-refractivity contribution in [3.8, 4) is 5.88 Å². The number of methoxy groups -OCH3 is 1. The molecule has 2 aromatic rings. The predicted molar refractivity (Wildman–Crippen MR) is 93.4 cm³/mol. The van der Waals surface area contributed by atoms with Crippen LogP contribution in [-0.4, -0.2) is 29.2 Å². The Hall–Kier alpha value is -1.92. The average Bonchev–Trinajstić information content (AvgIpc) is 3.06. The van der Waals surface area contributed by atoms with E-state index in [2.05, 4.69) is 17.2 Å². The largest absolute Gasteiger partial charge is 0.481 e. The summed E-state index contributed by atoms with van der Waals surface area (Å²) in [6.07, 6.45) is 3.79. The Labute approximate surface area is 145 Å². The Bertz CT molecular complexity index is 693. The molecule has 24 heavy (non-hydrogen) atoms. The van der Waals surface area contributed by atoms with E-state index in [1.807, 2.05) is 17.5 Å². The van der Waals surface area contributed by atoms with Gasteiger partial charge >= 0.3 is 0 Å². The van der Waals surface area contributed by atoms with Crippen LogP contribution < -0.4 is 10.1 Å². The second-order valence-corrected chi connectivity index (χ2v) is 7.12. The fourth-order valence-corrected chi connectivity index (χ4v) is 3.80. The first-order chi connectivity index (χ1) is 11.6. The minimum absolute atomic E-state index is 0.0758. The molecule has 1 aliphatic rings. The molecule has 1 aliphatic carbocycles. The highest BCUT2D eigenvalue weighted by molar-refractivity contribution is 7.10. The van der Waals surface area contributed by atoms with Crippen LogP contribution in [0.3, 0.4) is 0 Å². The maximum absolute atomic E-state index is 12.6. The van der Waals surface area contributed by atoms with Crippen molar-refractivity contribution in [2.45, 2.75) is 38.3 Å². The number of ether oxygens (including phenoxy) is 1. The molecule has 6 heteroatoms. The molecule has 0 aromatic carbocycles. The van der Waals surface area contributed by atoms with Crippen LogP contribution in [0.15, 0.2) is 29.8 Å². The van der Waals surface area contributed by atoms with E-state index in [1.165, 1.54) is 4.88 Å². The monoisotopic (exact) mass is 346 g/mol. The maximum Gasteiger partial charge on any atom is 0.252 e. The van der Waals surface area contributed by atoms with Crippen LogP contribution in [0.2, 0.25) is 0 Å². The van der Waals surface area contributed by atoms with E-state index in [1.54, 1.807) is 30.7 Å². The zero-order valence-corrected chi connectivity index (χ0v) is 14.7. The van der Waals surface area contributed by atoms with Gasteiger partial charge in [-0.15, -0.1) is 11.3 Å². The number of pyridine rings is 1. The first-order valence-electron chi connectivity index (χ1n) is 8.17. The number of aliphatic hydroxyl groups is 1. The van der Waals surface area contributed by atoms with Gasteiger partial charge < -0.3 is 15.2 Å². The first-order valence-corrected chi connectivity index (χ1v) is 9.05. The molecule has 0 spiro atoms. The van der Waals surface area contributed by atoms with Gasteiger partial charge in [-0.1, -0.05) is 13.0 Å². The standard InChI is InChI=1S/C18H22N2O3S/c1-3-15-8-13(10-24-15)18(22)20-17(12-6-14(21)7-12)11-4-5-16(23-2)19-9-11/h4-5,8-10,12,14,17,21H,3,6-7H2,1-2H3,(H,20,22)/t12?,14?,17-/m1/s1. The number of nitrogens with zero attached hydrogens (tertiary/aromatic N) is 1. The van der Waals surface area contributed by atoms with Crippen LogP contribution in [0.25, 0.3) is 0 Å². The van der Waals surface area contributed by atoms with E-state index in [-0.39, 0.29) is 24.0 Å². The molecule has 1 saturated carbocycles. The number of hydrogen-bond donors (Lipinski definition) is 2. The van der Waals surface area contributed by atoms with Gasteiger partial charge in [0.1, 0.15) is 0 Å². The molecule has 0 unspecified atom stereocenters. The molecule has 5 nitrogen and oxygen atoms in total. The number of aliphatic hydroxyl groups excluding tert-OH is 1. The molecule has 0 saturated heterocycles. The summed E-state index contributed by atoms with van der Waals surface area (Å²) in [7, 11) is 1.57. The van der Waals surface area contributed by atoms with Gasteiger partial charge in [0.05, 0.1) is 24.8 Å². The Balaban J connectivity index is 1.77. The first kappa shape index (κ1) is 16.9. The molecule has 2 heterocycles. The molecular weight excluding hydrogens is 324 g/mol. The summed E-state index contributed by atoms with van der Waals surface area (Å²) in [4.78, 5) is 18.0. The molecule has 0 bridgehead atoms. The van der Waals surface area contributed by atoms with E-state index in [9.17, 15) is 9.90 Å². The Morgan fingerprint density at radius 2 is 2.29 bits per heavy atom. The van der Waals surface area contributed by atoms with Crippen molar-refractivity contribution in [2.24, 2.45) is 5.92 Å². The lowest BCUT2D eigenvalue weighted by molar-refractivity contribution is 0.0234. The number of thiophene rings is 1. The second-order valence-electron chi connectivity index (χ2n) is 6.13. The van der Waals surface area contributed by atoms with Crippen molar-refractivity contribution in [3.05, 3.63) is 45.8 Å². The molecule has 1 atom stereocenters. The van der Waals surface area contributed by atoms with Crippen LogP contribution in [0.5, 0.6) is 5.88 Å². The van der Waals surface area contributed by atoms with Crippen molar-refractivity contribution in [1.29, 1.82) is 0 Å². The van der Waals surface area contributed by atoms with E-state index in [0.29, 0.717) is 24.3 Å². The number of carbonyl (C=O) groups is 1. The normalized spacial score (nSPS) is 21.0. The smallest absolute Gasteiger partial charge is 0.252 e. The van der Waals surface area contributed by atoms with Gasteiger partial charge in [-0.25, -0.2) is 4.98 Å². The summed E-state index contributed by atoms with van der Waals surface area (Å²) < 4.78 is 5.10. The minimum atomic E-state index is -0.270. The van der Waals surface area contributed by atoms with Crippen LogP contribution in [0, 0.1) is 5.92 Å². The van der Waals surface area contributed by atoms with Crippen LogP contribution in [-0.2, 0) is 6.42 Å². The summed E-state index contributed by atoms with van der Waals surface area (Å²) in [6.45, 7) is 2.08. The number of amides is 1. The maximum atomic E-state index is 12.6. The van der Waals surface area contributed by atoms with Crippen molar-refractivity contribution in [2.75, 3.05) is 7.11 Å². The Morgan fingerprint density at radius 3 is 2.83 bits per heavy atom. The molecule has 1 fully saturated rings. The summed E-state index contributed by atoms with van der Waals surface area (Å²) in [6, 6.07) is 5.51. The molecule has 0 radical (unpaired) electrons. The summed E-state index contributed by atoms with van der Waals surface area (Å²) >= 11 is 1.60. The van der Waals surface area contributed by atoms with Crippen LogP contribution in [0.1, 0.15) is 46.6 Å². The fraction of sp³-hybridized carbons (Fsp3) is 0.444. The van der Waals surface area contributed by atoms with Gasteiger partial charge in [-0.3, -0.25) is 4.79 Å². The van der Waals surface area contributed by atoms with Crippen LogP contribution in [0.4, 0.5) is 0 Å². The number of aryl methyl sites for hydroxylation is 1.